The Balaban J connectivity index is 1.56. The first-order valence-electron chi connectivity index (χ1n) is 9.19. The van der Waals surface area contributed by atoms with E-state index < -0.39 is 11.7 Å². The maximum absolute atomic E-state index is 14.9. The quantitative estimate of drug-likeness (QED) is 0.522. The van der Waals surface area contributed by atoms with Crippen LogP contribution in [0.15, 0.2) is 42.9 Å². The molecule has 0 radical (unpaired) electrons. The molecule has 1 amide bonds. The number of carbonyl (C=O) groups is 1. The monoisotopic (exact) mass is 401 g/mol. The first-order valence-corrected chi connectivity index (χ1v) is 9.19. The molecule has 1 aliphatic heterocycles. The van der Waals surface area contributed by atoms with Crippen molar-refractivity contribution in [3.63, 3.8) is 0 Å². The average molecular weight is 401 g/mol. The van der Waals surface area contributed by atoms with Crippen LogP contribution in [0.1, 0.15) is 27.5 Å². The number of carbonyl (C=O) groups excluding carboxylic acids is 1. The summed E-state index contributed by atoms with van der Waals surface area (Å²) in [5, 5.41) is 0. The van der Waals surface area contributed by atoms with Crippen molar-refractivity contribution < 1.29 is 13.9 Å². The third-order valence-corrected chi connectivity index (χ3v) is 5.42. The second kappa shape index (κ2) is 6.46. The van der Waals surface area contributed by atoms with Gasteiger partial charge in [0, 0.05) is 24.2 Å². The van der Waals surface area contributed by atoms with E-state index in [1.807, 2.05) is 6.07 Å². The van der Waals surface area contributed by atoms with Gasteiger partial charge in [-0.25, -0.2) is 14.4 Å². The fraction of sp³-hybridized carbons (Fsp3) is 0.136. The summed E-state index contributed by atoms with van der Waals surface area (Å²) in [6.07, 6.45) is 8.55. The summed E-state index contributed by atoms with van der Waals surface area (Å²) < 4.78 is 22.2. The molecule has 148 valence electrons. The molecular weight excluding hydrogens is 385 g/mol. The molecule has 2 N–H and O–H groups in total. The Morgan fingerprint density at radius 1 is 1.37 bits per heavy atom. The topological polar surface area (TPSA) is 85.8 Å². The van der Waals surface area contributed by atoms with E-state index in [1.165, 1.54) is 17.0 Å². The number of hydrogen-bond acceptors (Lipinski definition) is 5. The van der Waals surface area contributed by atoms with Crippen molar-refractivity contribution >= 4 is 28.3 Å². The summed E-state index contributed by atoms with van der Waals surface area (Å²) in [6, 6.07) is 7.72. The molecule has 1 atom stereocenters. The summed E-state index contributed by atoms with van der Waals surface area (Å²) >= 11 is 0. The lowest BCUT2D eigenvalue weighted by molar-refractivity contribution is 0.0704. The molecule has 0 unspecified atom stereocenters. The van der Waals surface area contributed by atoms with E-state index in [9.17, 15) is 9.18 Å². The number of fused-ring (bicyclic) bond motifs is 4. The van der Waals surface area contributed by atoms with E-state index in [0.717, 1.165) is 5.56 Å². The highest BCUT2D eigenvalue weighted by molar-refractivity contribution is 5.98. The minimum atomic E-state index is -0.674. The van der Waals surface area contributed by atoms with Gasteiger partial charge in [0.15, 0.2) is 0 Å². The Hall–Kier alpha value is -4.12. The number of aromatic nitrogens is 3. The van der Waals surface area contributed by atoms with E-state index in [1.54, 1.807) is 36.1 Å². The molecule has 0 saturated heterocycles. The Labute approximate surface area is 170 Å². The third-order valence-electron chi connectivity index (χ3n) is 5.42. The largest absolute Gasteiger partial charge is 0.491 e. The molecule has 30 heavy (non-hydrogen) atoms. The number of nitrogens with two attached hydrogens (primary N) is 1. The molecule has 1 aliphatic rings. The summed E-state index contributed by atoms with van der Waals surface area (Å²) in [5.74, 6) is 2.28. The summed E-state index contributed by atoms with van der Waals surface area (Å²) in [4.78, 5) is 23.0. The van der Waals surface area contributed by atoms with Crippen LogP contribution in [-0.4, -0.2) is 38.8 Å². The van der Waals surface area contributed by atoms with Gasteiger partial charge in [0.2, 0.25) is 0 Å². The molecule has 2 aromatic carbocycles. The Morgan fingerprint density at radius 3 is 3.00 bits per heavy atom. The minimum Gasteiger partial charge on any atom is -0.491 e. The molecule has 5 rings (SSSR count). The van der Waals surface area contributed by atoms with Gasteiger partial charge >= 0.3 is 0 Å². The van der Waals surface area contributed by atoms with E-state index in [4.69, 9.17) is 16.9 Å². The average Bonchev–Trinajstić information content (AvgIpc) is 3.39. The van der Waals surface area contributed by atoms with E-state index in [-0.39, 0.29) is 24.0 Å². The van der Waals surface area contributed by atoms with Crippen LogP contribution in [-0.2, 0) is 0 Å². The van der Waals surface area contributed by atoms with Crippen LogP contribution in [0, 0.1) is 18.2 Å². The first kappa shape index (κ1) is 17.9. The predicted molar refractivity (Wildman–Crippen MR) is 110 cm³/mol. The van der Waals surface area contributed by atoms with Gasteiger partial charge in [-0.1, -0.05) is 12.0 Å². The van der Waals surface area contributed by atoms with E-state index in [2.05, 4.69) is 15.9 Å². The maximum atomic E-state index is 14.9. The molecule has 4 aromatic rings. The summed E-state index contributed by atoms with van der Waals surface area (Å²) in [5.41, 5.74) is 8.84. The second-order valence-corrected chi connectivity index (χ2v) is 7.11. The lowest BCUT2D eigenvalue weighted by Crippen LogP contribution is -2.32. The maximum Gasteiger partial charge on any atom is 0.257 e. The fourth-order valence-corrected chi connectivity index (χ4v) is 3.80. The van der Waals surface area contributed by atoms with E-state index >= 15 is 0 Å². The van der Waals surface area contributed by atoms with Gasteiger partial charge < -0.3 is 15.4 Å². The van der Waals surface area contributed by atoms with Crippen LogP contribution in [0.2, 0.25) is 0 Å². The zero-order valence-corrected chi connectivity index (χ0v) is 16.0. The molecule has 0 bridgehead atoms. The SMILES string of the molecule is C#Cc1ccc2c(c1)OC[C@H]2N(C)C(=O)c1cc2c(cc1F)nc(N)c1cncn12. The van der Waals surface area contributed by atoms with Crippen LogP contribution in [0.25, 0.3) is 16.6 Å². The number of ether oxygens (including phenoxy) is 1. The van der Waals surface area contributed by atoms with Crippen molar-refractivity contribution in [2.75, 3.05) is 19.4 Å². The van der Waals surface area contributed by atoms with Gasteiger partial charge in [-0.3, -0.25) is 9.20 Å². The Kier molecular flexibility index (Phi) is 3.86. The number of hydrogen-bond donors (Lipinski definition) is 1. The van der Waals surface area contributed by atoms with Crippen molar-refractivity contribution in [1.82, 2.24) is 19.3 Å². The fourth-order valence-electron chi connectivity index (χ4n) is 3.80. The van der Waals surface area contributed by atoms with Crippen molar-refractivity contribution in [3.8, 4) is 18.1 Å². The van der Waals surface area contributed by atoms with Gasteiger partial charge in [-0.2, -0.15) is 0 Å². The summed E-state index contributed by atoms with van der Waals surface area (Å²) in [7, 11) is 1.62. The number of amides is 1. The smallest absolute Gasteiger partial charge is 0.257 e. The van der Waals surface area contributed by atoms with Crippen LogP contribution in [0.5, 0.6) is 5.75 Å². The molecule has 7 nitrogen and oxygen atoms in total. The van der Waals surface area contributed by atoms with Gasteiger partial charge in [-0.15, -0.1) is 6.42 Å². The predicted octanol–water partition coefficient (Wildman–Crippen LogP) is 2.79. The van der Waals surface area contributed by atoms with Gasteiger partial charge in [-0.05, 0) is 18.2 Å². The van der Waals surface area contributed by atoms with Crippen LogP contribution < -0.4 is 10.5 Å². The van der Waals surface area contributed by atoms with Crippen LogP contribution in [0.3, 0.4) is 0 Å². The van der Waals surface area contributed by atoms with Crippen molar-refractivity contribution in [2.45, 2.75) is 6.04 Å². The molecule has 0 aliphatic carbocycles. The van der Waals surface area contributed by atoms with Crippen LogP contribution in [0.4, 0.5) is 10.2 Å². The second-order valence-electron chi connectivity index (χ2n) is 7.11. The number of halogens is 1. The molecular formula is C22H16FN5O2. The third kappa shape index (κ3) is 2.56. The lowest BCUT2D eigenvalue weighted by Gasteiger charge is -2.24. The molecule has 0 spiro atoms. The molecule has 0 fully saturated rings. The minimum absolute atomic E-state index is 0.0692. The van der Waals surface area contributed by atoms with E-state index in [0.29, 0.717) is 27.9 Å². The van der Waals surface area contributed by atoms with Crippen molar-refractivity contribution in [2.24, 2.45) is 0 Å². The highest BCUT2D eigenvalue weighted by Gasteiger charge is 2.32. The number of benzene rings is 2. The van der Waals surface area contributed by atoms with Crippen molar-refractivity contribution in [3.05, 3.63) is 65.4 Å². The summed E-state index contributed by atoms with van der Waals surface area (Å²) in [6.45, 7) is 0.269. The number of nitrogen functional groups attached to an aromatic ring is 1. The number of nitrogens with zero attached hydrogens (tertiary/aromatic N) is 4. The van der Waals surface area contributed by atoms with Gasteiger partial charge in [0.1, 0.15) is 29.5 Å². The number of anilines is 1. The molecule has 0 saturated carbocycles. The number of likely N-dealkylation sites (N-methyl/N-ethyl adjacent to an activating group) is 1. The number of imidazole rings is 1. The lowest BCUT2D eigenvalue weighted by atomic mass is 10.0. The molecule has 3 heterocycles. The Bertz CT molecular complexity index is 1390. The molecule has 8 heteroatoms. The van der Waals surface area contributed by atoms with Crippen LogP contribution >= 0.6 is 0 Å². The van der Waals surface area contributed by atoms with Gasteiger partial charge in [0.05, 0.1) is 35.2 Å². The normalized spacial score (nSPS) is 15.0. The highest BCUT2D eigenvalue weighted by atomic mass is 19.1. The standard InChI is InChI=1S/C22H16FN5O2/c1-3-12-4-5-13-19(10-30-20(13)6-12)27(2)22(29)14-7-17-16(8-15(14)23)26-21(24)18-9-25-11-28(17)18/h1,4-9,11,19H,10H2,2H3,(H2,24,26)/t19-/m1/s1. The molecule has 2 aromatic heterocycles. The Morgan fingerprint density at radius 2 is 2.20 bits per heavy atom. The zero-order chi connectivity index (χ0) is 21.0. The highest BCUT2D eigenvalue weighted by Crippen LogP contribution is 2.37. The van der Waals surface area contributed by atoms with Gasteiger partial charge in [0.25, 0.3) is 5.91 Å². The number of rotatable bonds is 2. The zero-order valence-electron chi connectivity index (χ0n) is 16.0. The van der Waals surface area contributed by atoms with Crippen molar-refractivity contribution in [1.29, 1.82) is 0 Å². The first-order chi connectivity index (χ1) is 14.5. The number of terminal acetylenes is 1.